The van der Waals surface area contributed by atoms with Crippen LogP contribution in [-0.2, 0) is 0 Å². The molecule has 0 fully saturated rings. The molecule has 0 aromatic heterocycles. The standard InChI is InChI=1S/C16H28N2O2/c1-12-7-8-15(20-6)13(9-12)14(19)10-17-11-16(2,3)18(4)5/h7-9,14,17,19H,10-11H2,1-6H3. The predicted molar refractivity (Wildman–Crippen MR) is 83.3 cm³/mol. The summed E-state index contributed by atoms with van der Waals surface area (Å²) >= 11 is 0. The van der Waals surface area contributed by atoms with Gasteiger partial charge >= 0.3 is 0 Å². The van der Waals surface area contributed by atoms with Crippen LogP contribution in [0.5, 0.6) is 5.75 Å². The first-order valence-electron chi connectivity index (χ1n) is 6.98. The van der Waals surface area contributed by atoms with E-state index >= 15 is 0 Å². The molecule has 0 radical (unpaired) electrons. The van der Waals surface area contributed by atoms with Gasteiger partial charge in [0.1, 0.15) is 5.75 Å². The molecule has 0 aliphatic carbocycles. The number of ether oxygens (including phenoxy) is 1. The number of aliphatic hydroxyl groups is 1. The fourth-order valence-corrected chi connectivity index (χ4v) is 1.90. The highest BCUT2D eigenvalue weighted by Gasteiger charge is 2.21. The van der Waals surface area contributed by atoms with Crippen molar-refractivity contribution in [2.75, 3.05) is 34.3 Å². The molecule has 2 N–H and O–H groups in total. The van der Waals surface area contributed by atoms with E-state index in [0.29, 0.717) is 6.54 Å². The minimum absolute atomic E-state index is 0.0520. The van der Waals surface area contributed by atoms with Crippen molar-refractivity contribution in [3.05, 3.63) is 29.3 Å². The van der Waals surface area contributed by atoms with Crippen LogP contribution < -0.4 is 10.1 Å². The van der Waals surface area contributed by atoms with Crippen LogP contribution in [0, 0.1) is 6.92 Å². The minimum atomic E-state index is -0.567. The van der Waals surface area contributed by atoms with Crippen LogP contribution in [0.25, 0.3) is 0 Å². The Morgan fingerprint density at radius 2 is 2.00 bits per heavy atom. The van der Waals surface area contributed by atoms with Crippen molar-refractivity contribution in [1.82, 2.24) is 10.2 Å². The van der Waals surface area contributed by atoms with E-state index in [1.54, 1.807) is 7.11 Å². The maximum atomic E-state index is 10.3. The summed E-state index contributed by atoms with van der Waals surface area (Å²) in [7, 11) is 5.74. The van der Waals surface area contributed by atoms with Gasteiger partial charge in [-0.25, -0.2) is 0 Å². The second-order valence-corrected chi connectivity index (χ2v) is 6.10. The Morgan fingerprint density at radius 1 is 1.35 bits per heavy atom. The second-order valence-electron chi connectivity index (χ2n) is 6.10. The third kappa shape index (κ3) is 4.47. The third-order valence-electron chi connectivity index (χ3n) is 3.85. The number of hydrogen-bond acceptors (Lipinski definition) is 4. The molecular weight excluding hydrogens is 252 g/mol. The number of rotatable bonds is 7. The van der Waals surface area contributed by atoms with Crippen molar-refractivity contribution < 1.29 is 9.84 Å². The lowest BCUT2D eigenvalue weighted by molar-refractivity contribution is 0.150. The van der Waals surface area contributed by atoms with Crippen LogP contribution in [0.2, 0.25) is 0 Å². The molecule has 0 spiro atoms. The monoisotopic (exact) mass is 280 g/mol. The highest BCUT2D eigenvalue weighted by atomic mass is 16.5. The van der Waals surface area contributed by atoms with Crippen molar-refractivity contribution in [2.24, 2.45) is 0 Å². The summed E-state index contributed by atoms with van der Waals surface area (Å²) in [5.74, 6) is 0.733. The zero-order valence-electron chi connectivity index (χ0n) is 13.5. The summed E-state index contributed by atoms with van der Waals surface area (Å²) in [5.41, 5.74) is 2.01. The second kappa shape index (κ2) is 7.07. The van der Waals surface area contributed by atoms with Crippen molar-refractivity contribution in [3.8, 4) is 5.75 Å². The molecule has 0 saturated heterocycles. The van der Waals surface area contributed by atoms with E-state index < -0.39 is 6.10 Å². The fourth-order valence-electron chi connectivity index (χ4n) is 1.90. The van der Waals surface area contributed by atoms with Gasteiger partial charge in [0, 0.05) is 24.2 Å². The van der Waals surface area contributed by atoms with Crippen LogP contribution in [0.1, 0.15) is 31.1 Å². The van der Waals surface area contributed by atoms with Gasteiger partial charge in [0.2, 0.25) is 0 Å². The molecule has 1 atom stereocenters. The Labute approximate surface area is 122 Å². The molecule has 0 heterocycles. The number of nitrogens with zero attached hydrogens (tertiary/aromatic N) is 1. The highest BCUT2D eigenvalue weighted by Crippen LogP contribution is 2.25. The quantitative estimate of drug-likeness (QED) is 0.801. The van der Waals surface area contributed by atoms with Gasteiger partial charge in [-0.05, 0) is 47.0 Å². The summed E-state index contributed by atoms with van der Waals surface area (Å²) in [6, 6.07) is 5.86. The van der Waals surface area contributed by atoms with E-state index in [1.165, 1.54) is 0 Å². The maximum absolute atomic E-state index is 10.3. The van der Waals surface area contributed by atoms with Crippen molar-refractivity contribution in [3.63, 3.8) is 0 Å². The van der Waals surface area contributed by atoms with Crippen LogP contribution in [0.3, 0.4) is 0 Å². The zero-order chi connectivity index (χ0) is 15.3. The van der Waals surface area contributed by atoms with Crippen molar-refractivity contribution in [2.45, 2.75) is 32.4 Å². The molecule has 114 valence electrons. The summed E-state index contributed by atoms with van der Waals surface area (Å²) in [4.78, 5) is 2.17. The molecule has 4 nitrogen and oxygen atoms in total. The van der Waals surface area contributed by atoms with E-state index in [4.69, 9.17) is 4.74 Å². The van der Waals surface area contributed by atoms with Gasteiger partial charge in [0.25, 0.3) is 0 Å². The zero-order valence-corrected chi connectivity index (χ0v) is 13.5. The molecule has 0 amide bonds. The van der Waals surface area contributed by atoms with E-state index in [2.05, 4.69) is 38.2 Å². The Balaban J connectivity index is 2.63. The Kier molecular flexibility index (Phi) is 5.99. The van der Waals surface area contributed by atoms with E-state index in [0.717, 1.165) is 23.4 Å². The SMILES string of the molecule is COc1ccc(C)cc1C(O)CNCC(C)(C)N(C)C. The average Bonchev–Trinajstić information content (AvgIpc) is 2.38. The van der Waals surface area contributed by atoms with Crippen LogP contribution >= 0.6 is 0 Å². The summed E-state index contributed by atoms with van der Waals surface area (Å²) in [5, 5.41) is 13.7. The number of aryl methyl sites for hydroxylation is 1. The van der Waals surface area contributed by atoms with Crippen molar-refractivity contribution >= 4 is 0 Å². The summed E-state index contributed by atoms with van der Waals surface area (Å²) < 4.78 is 5.31. The number of nitrogens with one attached hydrogen (secondary N) is 1. The Morgan fingerprint density at radius 3 is 2.55 bits per heavy atom. The molecular formula is C16H28N2O2. The summed E-state index contributed by atoms with van der Waals surface area (Å²) in [6.07, 6.45) is -0.567. The molecule has 1 unspecified atom stereocenters. The van der Waals surface area contributed by atoms with Crippen LogP contribution in [-0.4, -0.2) is 49.8 Å². The molecule has 0 aliphatic rings. The topological polar surface area (TPSA) is 44.7 Å². The van der Waals surface area contributed by atoms with Gasteiger partial charge in [0.15, 0.2) is 0 Å². The average molecular weight is 280 g/mol. The number of likely N-dealkylation sites (N-methyl/N-ethyl adjacent to an activating group) is 1. The Bertz CT molecular complexity index is 430. The summed E-state index contributed by atoms with van der Waals surface area (Å²) in [6.45, 7) is 7.67. The van der Waals surface area contributed by atoms with E-state index in [-0.39, 0.29) is 5.54 Å². The van der Waals surface area contributed by atoms with Crippen molar-refractivity contribution in [1.29, 1.82) is 0 Å². The number of aliphatic hydroxyl groups excluding tert-OH is 1. The van der Waals surface area contributed by atoms with Gasteiger partial charge in [-0.15, -0.1) is 0 Å². The molecule has 0 bridgehead atoms. The molecule has 1 aromatic carbocycles. The van der Waals surface area contributed by atoms with Gasteiger partial charge in [-0.3, -0.25) is 0 Å². The fraction of sp³-hybridized carbons (Fsp3) is 0.625. The molecule has 0 aliphatic heterocycles. The van der Waals surface area contributed by atoms with E-state index in [9.17, 15) is 5.11 Å². The molecule has 20 heavy (non-hydrogen) atoms. The lowest BCUT2D eigenvalue weighted by atomic mass is 10.0. The molecule has 1 aromatic rings. The number of methoxy groups -OCH3 is 1. The maximum Gasteiger partial charge on any atom is 0.124 e. The lowest BCUT2D eigenvalue weighted by Gasteiger charge is -2.33. The predicted octanol–water partition coefficient (Wildman–Crippen LogP) is 1.97. The van der Waals surface area contributed by atoms with E-state index in [1.807, 2.05) is 25.1 Å². The normalized spacial score (nSPS) is 13.6. The van der Waals surface area contributed by atoms with Gasteiger partial charge in [-0.2, -0.15) is 0 Å². The third-order valence-corrected chi connectivity index (χ3v) is 3.85. The Hall–Kier alpha value is -1.10. The molecule has 0 saturated carbocycles. The largest absolute Gasteiger partial charge is 0.496 e. The first-order valence-corrected chi connectivity index (χ1v) is 6.98. The number of benzene rings is 1. The molecule has 4 heteroatoms. The first-order chi connectivity index (χ1) is 9.27. The lowest BCUT2D eigenvalue weighted by Crippen LogP contribution is -2.47. The number of hydrogen-bond donors (Lipinski definition) is 2. The first kappa shape index (κ1) is 17.0. The van der Waals surface area contributed by atoms with Gasteiger partial charge in [0.05, 0.1) is 13.2 Å². The van der Waals surface area contributed by atoms with Crippen LogP contribution in [0.15, 0.2) is 18.2 Å². The van der Waals surface area contributed by atoms with Gasteiger partial charge < -0.3 is 20.1 Å². The molecule has 1 rings (SSSR count). The highest BCUT2D eigenvalue weighted by molar-refractivity contribution is 5.38. The smallest absolute Gasteiger partial charge is 0.124 e. The minimum Gasteiger partial charge on any atom is -0.496 e. The van der Waals surface area contributed by atoms with Gasteiger partial charge in [-0.1, -0.05) is 11.6 Å². The van der Waals surface area contributed by atoms with Crippen LogP contribution in [0.4, 0.5) is 0 Å².